The number of anilines is 2. The van der Waals surface area contributed by atoms with Gasteiger partial charge >= 0.3 is 0 Å². The maximum Gasteiger partial charge on any atom is 0.256 e. The van der Waals surface area contributed by atoms with Crippen LogP contribution in [0.5, 0.6) is 0 Å². The number of nitrogens with one attached hydrogen (secondary N) is 1. The molecule has 3 rings (SSSR count). The van der Waals surface area contributed by atoms with E-state index in [1.807, 2.05) is 79.4 Å². The number of hydrogen-bond acceptors (Lipinski definition) is 3. The molecular weight excluding hydrogens is 346 g/mol. The van der Waals surface area contributed by atoms with E-state index in [-0.39, 0.29) is 24.3 Å². The number of para-hydroxylation sites is 2. The number of amides is 2. The molecule has 1 saturated heterocycles. The Labute approximate surface area is 158 Å². The predicted molar refractivity (Wildman–Crippen MR) is 107 cm³/mol. The fourth-order valence-corrected chi connectivity index (χ4v) is 3.63. The van der Waals surface area contributed by atoms with Crippen molar-refractivity contribution in [2.45, 2.75) is 32.4 Å². The highest BCUT2D eigenvalue weighted by molar-refractivity contribution is 7.80. The van der Waals surface area contributed by atoms with E-state index in [1.54, 1.807) is 0 Å². The predicted octanol–water partition coefficient (Wildman–Crippen LogP) is 3.43. The largest absolute Gasteiger partial charge is 0.333 e. The second-order valence-electron chi connectivity index (χ2n) is 6.43. The van der Waals surface area contributed by atoms with E-state index >= 15 is 0 Å². The maximum atomic E-state index is 13.0. The first-order valence-corrected chi connectivity index (χ1v) is 8.96. The quantitative estimate of drug-likeness (QED) is 0.823. The van der Waals surface area contributed by atoms with Crippen molar-refractivity contribution in [2.75, 3.05) is 10.2 Å². The second kappa shape index (κ2) is 7.66. The smallest absolute Gasteiger partial charge is 0.256 e. The van der Waals surface area contributed by atoms with E-state index < -0.39 is 6.04 Å². The van der Waals surface area contributed by atoms with Crippen molar-refractivity contribution in [3.8, 4) is 0 Å². The molecular formula is C20H21N3O2S. The molecule has 0 saturated carbocycles. The van der Waals surface area contributed by atoms with E-state index in [1.165, 1.54) is 4.90 Å². The Balaban J connectivity index is 1.81. The van der Waals surface area contributed by atoms with Gasteiger partial charge in [-0.15, -0.1) is 0 Å². The molecule has 1 N–H and O–H groups in total. The van der Waals surface area contributed by atoms with Crippen LogP contribution in [-0.4, -0.2) is 33.9 Å². The molecule has 1 aliphatic rings. The van der Waals surface area contributed by atoms with Crippen LogP contribution in [0.25, 0.3) is 0 Å². The summed E-state index contributed by atoms with van der Waals surface area (Å²) in [5.41, 5.74) is 1.43. The minimum absolute atomic E-state index is 0.00897. The summed E-state index contributed by atoms with van der Waals surface area (Å²) in [7, 11) is 0. The van der Waals surface area contributed by atoms with Gasteiger partial charge in [-0.1, -0.05) is 36.4 Å². The SMILES string of the molecule is CC(C)N1C(=S)N(c2ccccc2)C(=O)C1CC(=O)Nc1ccccc1. The van der Waals surface area contributed by atoms with E-state index in [4.69, 9.17) is 12.2 Å². The Morgan fingerprint density at radius 3 is 2.23 bits per heavy atom. The zero-order valence-corrected chi connectivity index (χ0v) is 15.6. The summed E-state index contributed by atoms with van der Waals surface area (Å²) in [4.78, 5) is 28.9. The summed E-state index contributed by atoms with van der Waals surface area (Å²) in [5.74, 6) is -0.379. The lowest BCUT2D eigenvalue weighted by molar-refractivity contribution is -0.124. The third-order valence-corrected chi connectivity index (χ3v) is 4.65. The summed E-state index contributed by atoms with van der Waals surface area (Å²) in [5, 5.41) is 3.28. The van der Waals surface area contributed by atoms with Gasteiger partial charge < -0.3 is 10.2 Å². The lowest BCUT2D eigenvalue weighted by atomic mass is 10.1. The molecule has 0 bridgehead atoms. The first kappa shape index (κ1) is 18.1. The van der Waals surface area contributed by atoms with Crippen molar-refractivity contribution >= 4 is 40.5 Å². The normalized spacial score (nSPS) is 17.1. The Morgan fingerprint density at radius 2 is 1.65 bits per heavy atom. The number of carbonyl (C=O) groups excluding carboxylic acids is 2. The zero-order chi connectivity index (χ0) is 18.7. The average molecular weight is 367 g/mol. The Kier molecular flexibility index (Phi) is 5.32. The maximum absolute atomic E-state index is 13.0. The molecule has 0 spiro atoms. The van der Waals surface area contributed by atoms with Gasteiger partial charge in [-0.3, -0.25) is 14.5 Å². The molecule has 2 aromatic carbocycles. The van der Waals surface area contributed by atoms with Crippen LogP contribution >= 0.6 is 12.2 Å². The van der Waals surface area contributed by atoms with Gasteiger partial charge in [-0.05, 0) is 50.3 Å². The van der Waals surface area contributed by atoms with Crippen LogP contribution in [0.3, 0.4) is 0 Å². The summed E-state index contributed by atoms with van der Waals surface area (Å²) in [6, 6.07) is 17.9. The van der Waals surface area contributed by atoms with Crippen molar-refractivity contribution < 1.29 is 9.59 Å². The number of carbonyl (C=O) groups is 2. The van der Waals surface area contributed by atoms with Crippen LogP contribution in [0, 0.1) is 0 Å². The van der Waals surface area contributed by atoms with Crippen LogP contribution in [0.15, 0.2) is 60.7 Å². The number of thiocarbonyl (C=S) groups is 1. The first-order valence-electron chi connectivity index (χ1n) is 8.55. The fourth-order valence-electron chi connectivity index (χ4n) is 3.10. The lowest BCUT2D eigenvalue weighted by Gasteiger charge is -2.27. The van der Waals surface area contributed by atoms with Gasteiger partial charge in [-0.2, -0.15) is 0 Å². The molecule has 1 aliphatic heterocycles. The highest BCUT2D eigenvalue weighted by atomic mass is 32.1. The molecule has 1 fully saturated rings. The van der Waals surface area contributed by atoms with Crippen molar-refractivity contribution in [3.05, 3.63) is 60.7 Å². The summed E-state index contributed by atoms with van der Waals surface area (Å²) >= 11 is 5.56. The highest BCUT2D eigenvalue weighted by Crippen LogP contribution is 2.28. The highest BCUT2D eigenvalue weighted by Gasteiger charge is 2.45. The molecule has 26 heavy (non-hydrogen) atoms. The monoisotopic (exact) mass is 367 g/mol. The zero-order valence-electron chi connectivity index (χ0n) is 14.8. The molecule has 1 unspecified atom stereocenters. The number of nitrogens with zero attached hydrogens (tertiary/aromatic N) is 2. The molecule has 2 aromatic rings. The Bertz CT molecular complexity index is 808. The van der Waals surface area contributed by atoms with Gasteiger partial charge in [0.2, 0.25) is 5.91 Å². The molecule has 1 heterocycles. The number of rotatable bonds is 5. The molecule has 6 heteroatoms. The van der Waals surface area contributed by atoms with Gasteiger partial charge in [-0.25, -0.2) is 0 Å². The van der Waals surface area contributed by atoms with Gasteiger partial charge in [0.1, 0.15) is 6.04 Å². The third kappa shape index (κ3) is 3.60. The minimum Gasteiger partial charge on any atom is -0.333 e. The lowest BCUT2D eigenvalue weighted by Crippen LogP contribution is -2.42. The molecule has 2 amide bonds. The topological polar surface area (TPSA) is 52.7 Å². The third-order valence-electron chi connectivity index (χ3n) is 4.26. The Hall–Kier alpha value is -2.73. The van der Waals surface area contributed by atoms with Crippen molar-refractivity contribution in [3.63, 3.8) is 0 Å². The first-order chi connectivity index (χ1) is 12.5. The molecule has 5 nitrogen and oxygen atoms in total. The fraction of sp³-hybridized carbons (Fsp3) is 0.250. The molecule has 134 valence electrons. The summed E-state index contributed by atoms with van der Waals surface area (Å²) in [6.07, 6.45) is 0.0510. The molecule has 0 radical (unpaired) electrons. The van der Waals surface area contributed by atoms with E-state index in [2.05, 4.69) is 5.32 Å². The van der Waals surface area contributed by atoms with Crippen LogP contribution in [0.2, 0.25) is 0 Å². The number of hydrogen-bond donors (Lipinski definition) is 1. The Morgan fingerprint density at radius 1 is 1.08 bits per heavy atom. The van der Waals surface area contributed by atoms with Gasteiger partial charge in [0.15, 0.2) is 5.11 Å². The van der Waals surface area contributed by atoms with E-state index in [0.717, 1.165) is 5.69 Å². The second-order valence-corrected chi connectivity index (χ2v) is 6.79. The van der Waals surface area contributed by atoms with Gasteiger partial charge in [0, 0.05) is 11.7 Å². The van der Waals surface area contributed by atoms with Gasteiger partial charge in [0.25, 0.3) is 5.91 Å². The van der Waals surface area contributed by atoms with Crippen molar-refractivity contribution in [1.82, 2.24) is 4.90 Å². The van der Waals surface area contributed by atoms with E-state index in [0.29, 0.717) is 10.8 Å². The van der Waals surface area contributed by atoms with Crippen molar-refractivity contribution in [2.24, 2.45) is 0 Å². The molecule has 0 aliphatic carbocycles. The summed E-state index contributed by atoms with van der Waals surface area (Å²) in [6.45, 7) is 3.94. The van der Waals surface area contributed by atoms with E-state index in [9.17, 15) is 9.59 Å². The molecule has 0 aromatic heterocycles. The minimum atomic E-state index is -0.605. The van der Waals surface area contributed by atoms with Crippen LogP contribution < -0.4 is 10.2 Å². The van der Waals surface area contributed by atoms with Crippen molar-refractivity contribution in [1.29, 1.82) is 0 Å². The van der Waals surface area contributed by atoms with Crippen LogP contribution in [-0.2, 0) is 9.59 Å². The molecule has 1 atom stereocenters. The van der Waals surface area contributed by atoms with Crippen LogP contribution in [0.1, 0.15) is 20.3 Å². The standard InChI is InChI=1S/C20H21N3O2S/c1-14(2)22-17(13-18(24)21-15-9-5-3-6-10-15)19(25)23(20(22)26)16-11-7-4-8-12-16/h3-12,14,17H,13H2,1-2H3,(H,21,24). The average Bonchev–Trinajstić information content (AvgIpc) is 2.86. The summed E-state index contributed by atoms with van der Waals surface area (Å²) < 4.78 is 0. The van der Waals surface area contributed by atoms with Gasteiger partial charge in [0.05, 0.1) is 12.1 Å². The number of benzene rings is 2. The van der Waals surface area contributed by atoms with Crippen LogP contribution in [0.4, 0.5) is 11.4 Å².